The average Bonchev–Trinajstić information content (AvgIpc) is 3.51. The minimum Gasteiger partial charge on any atom is -0.493 e. The van der Waals surface area contributed by atoms with E-state index in [0.29, 0.717) is 39.8 Å². The molecule has 0 saturated heterocycles. The molecule has 0 atom stereocenters. The molecule has 1 amide bonds. The number of methoxy groups -OCH3 is 2. The van der Waals surface area contributed by atoms with Crippen molar-refractivity contribution in [3.63, 3.8) is 0 Å². The van der Waals surface area contributed by atoms with Gasteiger partial charge in [-0.15, -0.1) is 11.3 Å². The predicted molar refractivity (Wildman–Crippen MR) is 166 cm³/mol. The van der Waals surface area contributed by atoms with E-state index in [1.165, 1.54) is 16.9 Å². The van der Waals surface area contributed by atoms with Crippen LogP contribution in [0.15, 0.2) is 78.2 Å². The molecular weight excluding hydrogens is 564 g/mol. The van der Waals surface area contributed by atoms with Gasteiger partial charge in [0.05, 0.1) is 31.0 Å². The smallest absolute Gasteiger partial charge is 0.339 e. The lowest BCUT2D eigenvalue weighted by atomic mass is 9.95. The molecule has 1 aliphatic rings. The summed E-state index contributed by atoms with van der Waals surface area (Å²) in [5, 5.41) is 5.68. The van der Waals surface area contributed by atoms with Crippen LogP contribution in [0.3, 0.4) is 0 Å². The lowest BCUT2D eigenvalue weighted by Gasteiger charge is -2.30. The van der Waals surface area contributed by atoms with Crippen molar-refractivity contribution in [3.8, 4) is 22.8 Å². The van der Waals surface area contributed by atoms with E-state index in [0.717, 1.165) is 41.8 Å². The molecule has 0 spiro atoms. The van der Waals surface area contributed by atoms with Crippen molar-refractivity contribution >= 4 is 39.2 Å². The molecule has 6 rings (SSSR count). The summed E-state index contributed by atoms with van der Waals surface area (Å²) in [6.45, 7) is 1.73. The SMILES string of the molecule is COc1ccc(-c2csc(NC(=O)COC(=O)c3c4c(nc5ccccc35)CCN(Cc3ccccc3)C4)n2)cc1OC. The summed E-state index contributed by atoms with van der Waals surface area (Å²) in [4.78, 5) is 38.1. The first kappa shape index (κ1) is 28.3. The molecule has 1 N–H and O–H groups in total. The summed E-state index contributed by atoms with van der Waals surface area (Å²) in [6.07, 6.45) is 0.722. The highest BCUT2D eigenvalue weighted by Gasteiger charge is 2.27. The van der Waals surface area contributed by atoms with Crippen molar-refractivity contribution in [2.45, 2.75) is 19.5 Å². The number of thiazole rings is 1. The summed E-state index contributed by atoms with van der Waals surface area (Å²) in [6, 6.07) is 23.3. The third-order valence-corrected chi connectivity index (χ3v) is 8.10. The number of para-hydroxylation sites is 1. The molecule has 3 aromatic carbocycles. The molecule has 3 heterocycles. The van der Waals surface area contributed by atoms with E-state index >= 15 is 0 Å². The van der Waals surface area contributed by atoms with E-state index in [9.17, 15) is 9.59 Å². The number of esters is 1. The Labute approximate surface area is 253 Å². The van der Waals surface area contributed by atoms with Gasteiger partial charge in [-0.1, -0.05) is 48.5 Å². The summed E-state index contributed by atoms with van der Waals surface area (Å²) in [5.41, 5.74) is 5.65. The van der Waals surface area contributed by atoms with Crippen LogP contribution in [0, 0.1) is 0 Å². The van der Waals surface area contributed by atoms with Crippen molar-refractivity contribution in [3.05, 3.63) is 101 Å². The second-order valence-electron chi connectivity index (χ2n) is 10.1. The molecule has 0 unspecified atom stereocenters. The van der Waals surface area contributed by atoms with Crippen LogP contribution in [-0.4, -0.2) is 54.1 Å². The minimum atomic E-state index is -0.545. The largest absolute Gasteiger partial charge is 0.493 e. The average molecular weight is 595 g/mol. The van der Waals surface area contributed by atoms with E-state index in [1.807, 2.05) is 60.0 Å². The first-order valence-corrected chi connectivity index (χ1v) is 14.7. The number of nitrogens with zero attached hydrogens (tertiary/aromatic N) is 3. The fourth-order valence-corrected chi connectivity index (χ4v) is 6.01. The van der Waals surface area contributed by atoms with Gasteiger partial charge in [-0.05, 0) is 29.8 Å². The number of anilines is 1. The molecule has 0 saturated carbocycles. The van der Waals surface area contributed by atoms with Crippen LogP contribution in [0.1, 0.15) is 27.2 Å². The Morgan fingerprint density at radius 3 is 2.56 bits per heavy atom. The highest BCUT2D eigenvalue weighted by atomic mass is 32.1. The zero-order valence-corrected chi connectivity index (χ0v) is 24.6. The third-order valence-electron chi connectivity index (χ3n) is 7.34. The molecule has 0 aliphatic carbocycles. The normalized spacial score (nSPS) is 12.9. The second kappa shape index (κ2) is 12.6. The topological polar surface area (TPSA) is 103 Å². The Bertz CT molecular complexity index is 1790. The number of ether oxygens (including phenoxy) is 3. The van der Waals surface area contributed by atoms with Crippen molar-refractivity contribution < 1.29 is 23.8 Å². The van der Waals surface area contributed by atoms with Crippen LogP contribution >= 0.6 is 11.3 Å². The van der Waals surface area contributed by atoms with Crippen LogP contribution in [-0.2, 0) is 29.0 Å². The van der Waals surface area contributed by atoms with Crippen molar-refractivity contribution in [1.82, 2.24) is 14.9 Å². The maximum Gasteiger partial charge on any atom is 0.339 e. The van der Waals surface area contributed by atoms with Crippen molar-refractivity contribution in [2.75, 3.05) is 32.7 Å². The fraction of sp³-hybridized carbons (Fsp3) is 0.212. The van der Waals surface area contributed by atoms with Crippen LogP contribution < -0.4 is 14.8 Å². The van der Waals surface area contributed by atoms with Gasteiger partial charge in [0.15, 0.2) is 23.2 Å². The first-order chi connectivity index (χ1) is 21.0. The number of nitrogens with one attached hydrogen (secondary N) is 1. The number of pyridine rings is 1. The highest BCUT2D eigenvalue weighted by Crippen LogP contribution is 2.34. The molecule has 2 aromatic heterocycles. The van der Waals surface area contributed by atoms with Gasteiger partial charge in [0.1, 0.15) is 0 Å². The maximum atomic E-state index is 13.6. The van der Waals surface area contributed by atoms with Crippen LogP contribution in [0.25, 0.3) is 22.2 Å². The van der Waals surface area contributed by atoms with E-state index in [-0.39, 0.29) is 0 Å². The van der Waals surface area contributed by atoms with Gasteiger partial charge in [0.2, 0.25) is 0 Å². The molecular formula is C33H30N4O5S. The van der Waals surface area contributed by atoms with Crippen LogP contribution in [0.5, 0.6) is 11.5 Å². The van der Waals surface area contributed by atoms with E-state index < -0.39 is 18.5 Å². The molecule has 5 aromatic rings. The lowest BCUT2D eigenvalue weighted by Crippen LogP contribution is -2.32. The van der Waals surface area contributed by atoms with Gasteiger partial charge in [-0.25, -0.2) is 9.78 Å². The number of amides is 1. The first-order valence-electron chi connectivity index (χ1n) is 13.8. The highest BCUT2D eigenvalue weighted by molar-refractivity contribution is 7.14. The molecule has 0 bridgehead atoms. The van der Waals surface area contributed by atoms with Crippen molar-refractivity contribution in [2.24, 2.45) is 0 Å². The zero-order chi connectivity index (χ0) is 29.8. The van der Waals surface area contributed by atoms with Gasteiger partial charge in [0, 0.05) is 53.6 Å². The molecule has 1 aliphatic heterocycles. The standard InChI is InChI=1S/C33H30N4O5S/c1-40-28-13-12-22(16-29(28)41-2)27-20-43-33(35-27)36-30(38)19-42-32(39)31-23-10-6-7-11-25(23)34-26-14-15-37(18-24(26)31)17-21-8-4-3-5-9-21/h3-13,16,20H,14-15,17-19H2,1-2H3,(H,35,36,38). The van der Waals surface area contributed by atoms with E-state index in [1.54, 1.807) is 20.3 Å². The van der Waals surface area contributed by atoms with E-state index in [4.69, 9.17) is 19.2 Å². The summed E-state index contributed by atoms with van der Waals surface area (Å²) < 4.78 is 16.3. The number of hydrogen-bond acceptors (Lipinski definition) is 9. The van der Waals surface area contributed by atoms with Gasteiger partial charge in [0.25, 0.3) is 5.91 Å². The molecule has 10 heteroatoms. The summed E-state index contributed by atoms with van der Waals surface area (Å²) in [7, 11) is 3.15. The van der Waals surface area contributed by atoms with Crippen LogP contribution in [0.4, 0.5) is 5.13 Å². The molecule has 218 valence electrons. The Balaban J connectivity index is 1.16. The number of carbonyl (C=O) groups excluding carboxylic acids is 2. The number of carbonyl (C=O) groups is 2. The van der Waals surface area contributed by atoms with E-state index in [2.05, 4.69) is 27.3 Å². The predicted octanol–water partition coefficient (Wildman–Crippen LogP) is 5.73. The molecule has 9 nitrogen and oxygen atoms in total. The van der Waals surface area contributed by atoms with Crippen LogP contribution in [0.2, 0.25) is 0 Å². The second-order valence-corrected chi connectivity index (χ2v) is 11.0. The number of hydrogen-bond donors (Lipinski definition) is 1. The minimum absolute atomic E-state index is 0.397. The summed E-state index contributed by atoms with van der Waals surface area (Å²) >= 11 is 1.28. The summed E-state index contributed by atoms with van der Waals surface area (Å²) in [5.74, 6) is 0.180. The zero-order valence-electron chi connectivity index (χ0n) is 23.8. The number of benzene rings is 3. The Morgan fingerprint density at radius 1 is 0.953 bits per heavy atom. The lowest BCUT2D eigenvalue weighted by molar-refractivity contribution is -0.119. The Morgan fingerprint density at radius 2 is 1.74 bits per heavy atom. The van der Waals surface area contributed by atoms with Gasteiger partial charge in [-0.3, -0.25) is 20.0 Å². The van der Waals surface area contributed by atoms with Crippen molar-refractivity contribution in [1.29, 1.82) is 0 Å². The molecule has 0 fully saturated rings. The molecule has 0 radical (unpaired) electrons. The Kier molecular flexibility index (Phi) is 8.30. The number of aromatic nitrogens is 2. The monoisotopic (exact) mass is 594 g/mol. The number of rotatable bonds is 9. The third kappa shape index (κ3) is 6.20. The van der Waals surface area contributed by atoms with Gasteiger partial charge in [-0.2, -0.15) is 0 Å². The van der Waals surface area contributed by atoms with Gasteiger partial charge < -0.3 is 14.2 Å². The number of fused-ring (bicyclic) bond motifs is 2. The quantitative estimate of drug-likeness (QED) is 0.216. The van der Waals surface area contributed by atoms with Gasteiger partial charge >= 0.3 is 5.97 Å². The molecule has 43 heavy (non-hydrogen) atoms. The maximum absolute atomic E-state index is 13.6. The fourth-order valence-electron chi connectivity index (χ4n) is 5.27. The Hall–Kier alpha value is -4.80.